The zero-order valence-electron chi connectivity index (χ0n) is 8.99. The minimum Gasteiger partial charge on any atom is -0.342 e. The molecule has 0 amide bonds. The first kappa shape index (κ1) is 8.88. The Morgan fingerprint density at radius 3 is 2.93 bits per heavy atom. The number of nitrogens with one attached hydrogen (secondary N) is 1. The standard InChI is InChI=1S/C11H14N4/c1-14-6-9-8-4-3-5-12-11(8)13-10(9)7-15(14)2/h3-5H,6-7H2,1-2H3,(H,12,13). The van der Waals surface area contributed by atoms with E-state index in [-0.39, 0.29) is 0 Å². The SMILES string of the molecule is CN1Cc2[nH]c3ncccc3c2CN1C. The average molecular weight is 202 g/mol. The summed E-state index contributed by atoms with van der Waals surface area (Å²) in [6.45, 7) is 1.89. The van der Waals surface area contributed by atoms with Crippen molar-refractivity contribution in [2.24, 2.45) is 0 Å². The van der Waals surface area contributed by atoms with Crippen molar-refractivity contribution in [3.63, 3.8) is 0 Å². The molecular weight excluding hydrogens is 188 g/mol. The summed E-state index contributed by atoms with van der Waals surface area (Å²) in [4.78, 5) is 7.73. The number of fused-ring (bicyclic) bond motifs is 3. The van der Waals surface area contributed by atoms with Gasteiger partial charge in [-0.05, 0) is 17.7 Å². The Morgan fingerprint density at radius 1 is 1.27 bits per heavy atom. The molecule has 0 atom stereocenters. The van der Waals surface area contributed by atoms with Crippen molar-refractivity contribution in [3.05, 3.63) is 29.6 Å². The van der Waals surface area contributed by atoms with Crippen LogP contribution in [0.5, 0.6) is 0 Å². The van der Waals surface area contributed by atoms with Gasteiger partial charge in [-0.25, -0.2) is 15.0 Å². The summed E-state index contributed by atoms with van der Waals surface area (Å²) >= 11 is 0. The highest BCUT2D eigenvalue weighted by molar-refractivity contribution is 5.81. The summed E-state index contributed by atoms with van der Waals surface area (Å²) in [6.07, 6.45) is 1.83. The van der Waals surface area contributed by atoms with Crippen molar-refractivity contribution in [2.45, 2.75) is 13.1 Å². The largest absolute Gasteiger partial charge is 0.342 e. The molecule has 4 heteroatoms. The van der Waals surface area contributed by atoms with Crippen molar-refractivity contribution < 1.29 is 0 Å². The first-order valence-electron chi connectivity index (χ1n) is 5.12. The van der Waals surface area contributed by atoms with Gasteiger partial charge in [-0.15, -0.1) is 0 Å². The first-order chi connectivity index (χ1) is 7.25. The number of aromatic amines is 1. The Labute approximate surface area is 88.5 Å². The number of H-pyrrole nitrogens is 1. The van der Waals surface area contributed by atoms with E-state index < -0.39 is 0 Å². The van der Waals surface area contributed by atoms with Crippen molar-refractivity contribution in [3.8, 4) is 0 Å². The summed E-state index contributed by atoms with van der Waals surface area (Å²) in [5.74, 6) is 0. The van der Waals surface area contributed by atoms with Gasteiger partial charge in [-0.3, -0.25) is 0 Å². The maximum Gasteiger partial charge on any atom is 0.137 e. The van der Waals surface area contributed by atoms with Gasteiger partial charge in [0.15, 0.2) is 0 Å². The van der Waals surface area contributed by atoms with E-state index in [4.69, 9.17) is 0 Å². The van der Waals surface area contributed by atoms with Crippen LogP contribution in [0.25, 0.3) is 11.0 Å². The van der Waals surface area contributed by atoms with Gasteiger partial charge >= 0.3 is 0 Å². The number of aromatic nitrogens is 2. The normalized spacial score (nSPS) is 18.3. The van der Waals surface area contributed by atoms with E-state index in [0.717, 1.165) is 18.7 Å². The third-order valence-corrected chi connectivity index (χ3v) is 3.12. The van der Waals surface area contributed by atoms with E-state index in [1.54, 1.807) is 0 Å². The molecule has 78 valence electrons. The van der Waals surface area contributed by atoms with Crippen LogP contribution >= 0.6 is 0 Å². The molecule has 2 aromatic heterocycles. The second kappa shape index (κ2) is 3.05. The topological polar surface area (TPSA) is 35.2 Å². The van der Waals surface area contributed by atoms with Crippen LogP contribution in [-0.4, -0.2) is 34.1 Å². The van der Waals surface area contributed by atoms with Crippen LogP contribution in [0.4, 0.5) is 0 Å². The van der Waals surface area contributed by atoms with Crippen LogP contribution in [0, 0.1) is 0 Å². The molecule has 2 aromatic rings. The quantitative estimate of drug-likeness (QED) is 0.700. The maximum absolute atomic E-state index is 4.34. The van der Waals surface area contributed by atoms with Crippen LogP contribution in [0.3, 0.4) is 0 Å². The Bertz CT molecular complexity index is 502. The zero-order chi connectivity index (χ0) is 10.4. The molecule has 4 nitrogen and oxygen atoms in total. The number of nitrogens with zero attached hydrogens (tertiary/aromatic N) is 3. The van der Waals surface area contributed by atoms with Gasteiger partial charge in [0.25, 0.3) is 0 Å². The lowest BCUT2D eigenvalue weighted by Crippen LogP contribution is -2.39. The second-order valence-electron chi connectivity index (χ2n) is 4.11. The van der Waals surface area contributed by atoms with Gasteiger partial charge < -0.3 is 4.98 Å². The molecule has 0 aromatic carbocycles. The van der Waals surface area contributed by atoms with E-state index >= 15 is 0 Å². The molecule has 0 spiro atoms. The number of hydrogen-bond donors (Lipinski definition) is 1. The molecule has 1 N–H and O–H groups in total. The van der Waals surface area contributed by atoms with Crippen LogP contribution in [-0.2, 0) is 13.1 Å². The number of hydrogen-bond acceptors (Lipinski definition) is 3. The lowest BCUT2D eigenvalue weighted by atomic mass is 10.1. The van der Waals surface area contributed by atoms with E-state index in [2.05, 4.69) is 40.1 Å². The Balaban J connectivity index is 2.21. The molecular formula is C11H14N4. The van der Waals surface area contributed by atoms with Crippen molar-refractivity contribution in [1.82, 2.24) is 20.0 Å². The number of hydrazine groups is 1. The Kier molecular flexibility index (Phi) is 1.81. The second-order valence-corrected chi connectivity index (χ2v) is 4.11. The fourth-order valence-corrected chi connectivity index (χ4v) is 2.14. The Morgan fingerprint density at radius 2 is 2.07 bits per heavy atom. The number of pyridine rings is 1. The third-order valence-electron chi connectivity index (χ3n) is 3.12. The maximum atomic E-state index is 4.34. The smallest absolute Gasteiger partial charge is 0.137 e. The first-order valence-corrected chi connectivity index (χ1v) is 5.12. The predicted molar refractivity (Wildman–Crippen MR) is 59.0 cm³/mol. The van der Waals surface area contributed by atoms with Crippen LogP contribution < -0.4 is 0 Å². The number of rotatable bonds is 0. The minimum atomic E-state index is 0.933. The molecule has 1 aliphatic rings. The fourth-order valence-electron chi connectivity index (χ4n) is 2.14. The molecule has 15 heavy (non-hydrogen) atoms. The highest BCUT2D eigenvalue weighted by atomic mass is 15.6. The molecule has 0 fully saturated rings. The van der Waals surface area contributed by atoms with Crippen LogP contribution in [0.1, 0.15) is 11.3 Å². The van der Waals surface area contributed by atoms with Gasteiger partial charge in [0.2, 0.25) is 0 Å². The van der Waals surface area contributed by atoms with Gasteiger partial charge in [0.1, 0.15) is 5.65 Å². The summed E-state index contributed by atoms with van der Waals surface area (Å²) in [5, 5.41) is 5.69. The summed E-state index contributed by atoms with van der Waals surface area (Å²) in [6, 6.07) is 4.13. The van der Waals surface area contributed by atoms with Gasteiger partial charge in [0, 0.05) is 37.9 Å². The van der Waals surface area contributed by atoms with E-state index in [9.17, 15) is 0 Å². The average Bonchev–Trinajstić information content (AvgIpc) is 2.57. The fraction of sp³-hybridized carbons (Fsp3) is 0.364. The molecule has 1 aliphatic heterocycles. The van der Waals surface area contributed by atoms with Gasteiger partial charge in [-0.1, -0.05) is 0 Å². The van der Waals surface area contributed by atoms with E-state index in [0.29, 0.717) is 0 Å². The van der Waals surface area contributed by atoms with Crippen LogP contribution in [0.15, 0.2) is 18.3 Å². The zero-order valence-corrected chi connectivity index (χ0v) is 8.99. The van der Waals surface area contributed by atoms with Gasteiger partial charge in [0.05, 0.1) is 6.54 Å². The third kappa shape index (κ3) is 1.26. The lowest BCUT2D eigenvalue weighted by Gasteiger charge is -2.32. The molecule has 3 rings (SSSR count). The monoisotopic (exact) mass is 202 g/mol. The summed E-state index contributed by atoms with van der Waals surface area (Å²) in [5.41, 5.74) is 3.69. The van der Waals surface area contributed by atoms with E-state index in [1.807, 2.05) is 12.3 Å². The minimum absolute atomic E-state index is 0.933. The summed E-state index contributed by atoms with van der Waals surface area (Å²) in [7, 11) is 4.21. The molecule has 0 radical (unpaired) electrons. The highest BCUT2D eigenvalue weighted by Crippen LogP contribution is 2.26. The molecule has 0 bridgehead atoms. The van der Waals surface area contributed by atoms with Crippen LogP contribution in [0.2, 0.25) is 0 Å². The highest BCUT2D eigenvalue weighted by Gasteiger charge is 2.21. The summed E-state index contributed by atoms with van der Waals surface area (Å²) < 4.78 is 0. The Hall–Kier alpha value is -1.39. The van der Waals surface area contributed by atoms with E-state index in [1.165, 1.54) is 16.6 Å². The molecule has 0 unspecified atom stereocenters. The molecule has 0 saturated heterocycles. The lowest BCUT2D eigenvalue weighted by molar-refractivity contribution is -0.00234. The molecule has 0 saturated carbocycles. The predicted octanol–water partition coefficient (Wildman–Crippen LogP) is 1.36. The van der Waals surface area contributed by atoms with Gasteiger partial charge in [-0.2, -0.15) is 0 Å². The van der Waals surface area contributed by atoms with Crippen molar-refractivity contribution in [2.75, 3.05) is 14.1 Å². The molecule has 0 aliphatic carbocycles. The molecule has 3 heterocycles. The van der Waals surface area contributed by atoms with Crippen molar-refractivity contribution in [1.29, 1.82) is 0 Å². The van der Waals surface area contributed by atoms with Crippen molar-refractivity contribution >= 4 is 11.0 Å².